The van der Waals surface area contributed by atoms with Crippen LogP contribution in [0.3, 0.4) is 0 Å². The Kier molecular flexibility index (Phi) is 4.36. The lowest BCUT2D eigenvalue weighted by Gasteiger charge is -2.17. The number of pyridine rings is 1. The molecular weight excluding hydrogens is 352 g/mol. The van der Waals surface area contributed by atoms with E-state index in [1.165, 1.54) is 10.9 Å². The van der Waals surface area contributed by atoms with Crippen molar-refractivity contribution in [1.29, 1.82) is 0 Å². The standard InChI is InChI=1S/C22H24N4O2/c1-14-11-26(12-16-8-9-23-18-5-3-2-4-17(16)18)13-20(14)24-22(27)19-10-21(28-25-19)15-6-7-15/h2-5,8-10,14-15,20H,6-7,11-13H2,1H3,(H,24,27)/t14-,20-/m0/s1. The summed E-state index contributed by atoms with van der Waals surface area (Å²) in [6.45, 7) is 4.83. The fourth-order valence-electron chi connectivity index (χ4n) is 4.12. The van der Waals surface area contributed by atoms with Crippen molar-refractivity contribution in [2.45, 2.75) is 38.3 Å². The molecule has 2 aromatic heterocycles. The SMILES string of the molecule is C[C@H]1CN(Cc2ccnc3ccccc23)C[C@@H]1NC(=O)c1cc(C2CC2)on1. The second-order valence-electron chi connectivity index (χ2n) is 8.13. The van der Waals surface area contributed by atoms with E-state index in [0.29, 0.717) is 17.5 Å². The van der Waals surface area contributed by atoms with Crippen molar-refractivity contribution in [3.63, 3.8) is 0 Å². The number of fused-ring (bicyclic) bond motifs is 1. The molecule has 1 saturated heterocycles. The third-order valence-electron chi connectivity index (χ3n) is 5.88. The second-order valence-corrected chi connectivity index (χ2v) is 8.13. The van der Waals surface area contributed by atoms with E-state index in [0.717, 1.165) is 43.8 Å². The minimum absolute atomic E-state index is 0.113. The van der Waals surface area contributed by atoms with Crippen LogP contribution in [0.1, 0.15) is 47.5 Å². The third-order valence-corrected chi connectivity index (χ3v) is 5.88. The van der Waals surface area contributed by atoms with E-state index < -0.39 is 0 Å². The van der Waals surface area contributed by atoms with Crippen LogP contribution in [-0.4, -0.2) is 40.1 Å². The number of aromatic nitrogens is 2. The highest BCUT2D eigenvalue weighted by Gasteiger charge is 2.33. The molecule has 3 aromatic rings. The number of amides is 1. The van der Waals surface area contributed by atoms with Crippen molar-refractivity contribution < 1.29 is 9.32 Å². The highest BCUT2D eigenvalue weighted by atomic mass is 16.5. The first-order chi connectivity index (χ1) is 13.7. The summed E-state index contributed by atoms with van der Waals surface area (Å²) in [6, 6.07) is 12.2. The summed E-state index contributed by atoms with van der Waals surface area (Å²) in [5.74, 6) is 1.55. The number of para-hydroxylation sites is 1. The number of rotatable bonds is 5. The molecule has 5 rings (SSSR count). The monoisotopic (exact) mass is 376 g/mol. The Morgan fingerprint density at radius 1 is 1.25 bits per heavy atom. The molecule has 144 valence electrons. The molecule has 2 fully saturated rings. The molecule has 1 N–H and O–H groups in total. The maximum Gasteiger partial charge on any atom is 0.273 e. The third kappa shape index (κ3) is 3.40. The summed E-state index contributed by atoms with van der Waals surface area (Å²) >= 11 is 0. The lowest BCUT2D eigenvalue weighted by molar-refractivity contribution is 0.0922. The smallest absolute Gasteiger partial charge is 0.273 e. The Morgan fingerprint density at radius 2 is 2.11 bits per heavy atom. The average Bonchev–Trinajstić information content (AvgIpc) is 3.33. The number of benzene rings is 1. The molecule has 2 atom stereocenters. The molecule has 6 nitrogen and oxygen atoms in total. The number of nitrogens with zero attached hydrogens (tertiary/aromatic N) is 3. The molecule has 1 amide bonds. The molecule has 0 unspecified atom stereocenters. The maximum absolute atomic E-state index is 12.6. The van der Waals surface area contributed by atoms with Gasteiger partial charge in [-0.05, 0) is 36.5 Å². The van der Waals surface area contributed by atoms with E-state index in [1.807, 2.05) is 18.3 Å². The van der Waals surface area contributed by atoms with E-state index in [9.17, 15) is 4.79 Å². The van der Waals surface area contributed by atoms with E-state index >= 15 is 0 Å². The summed E-state index contributed by atoms with van der Waals surface area (Å²) in [4.78, 5) is 19.4. The molecule has 1 saturated carbocycles. The number of nitrogens with one attached hydrogen (secondary N) is 1. The van der Waals surface area contributed by atoms with Gasteiger partial charge in [-0.1, -0.05) is 30.3 Å². The van der Waals surface area contributed by atoms with E-state index in [1.54, 1.807) is 6.07 Å². The van der Waals surface area contributed by atoms with Gasteiger partial charge in [-0.15, -0.1) is 0 Å². The normalized spacial score (nSPS) is 22.6. The second kappa shape index (κ2) is 7.02. The number of hydrogen-bond acceptors (Lipinski definition) is 5. The van der Waals surface area contributed by atoms with Gasteiger partial charge < -0.3 is 9.84 Å². The molecule has 1 aliphatic heterocycles. The molecule has 0 bridgehead atoms. The minimum Gasteiger partial charge on any atom is -0.360 e. The van der Waals surface area contributed by atoms with Crippen molar-refractivity contribution in [1.82, 2.24) is 20.4 Å². The van der Waals surface area contributed by atoms with Crippen molar-refractivity contribution in [2.24, 2.45) is 5.92 Å². The lowest BCUT2D eigenvalue weighted by atomic mass is 10.1. The van der Waals surface area contributed by atoms with E-state index in [4.69, 9.17) is 4.52 Å². The quantitative estimate of drug-likeness (QED) is 0.739. The Morgan fingerprint density at radius 3 is 2.96 bits per heavy atom. The Bertz CT molecular complexity index is 1010. The van der Waals surface area contributed by atoms with Gasteiger partial charge in [0.1, 0.15) is 5.76 Å². The summed E-state index contributed by atoms with van der Waals surface area (Å²) in [6.07, 6.45) is 4.14. The van der Waals surface area contributed by atoms with Crippen molar-refractivity contribution >= 4 is 16.8 Å². The highest BCUT2D eigenvalue weighted by molar-refractivity contribution is 5.92. The molecule has 3 heterocycles. The van der Waals surface area contributed by atoms with Crippen LogP contribution < -0.4 is 5.32 Å². The van der Waals surface area contributed by atoms with Crippen LogP contribution in [0.2, 0.25) is 0 Å². The zero-order chi connectivity index (χ0) is 19.1. The zero-order valence-electron chi connectivity index (χ0n) is 16.0. The number of carbonyl (C=O) groups excluding carboxylic acids is 1. The molecule has 2 aliphatic rings. The predicted octanol–water partition coefficient (Wildman–Crippen LogP) is 3.35. The number of likely N-dealkylation sites (tertiary alicyclic amines) is 1. The van der Waals surface area contributed by atoms with Gasteiger partial charge in [-0.25, -0.2) is 0 Å². The van der Waals surface area contributed by atoms with Gasteiger partial charge in [0.2, 0.25) is 0 Å². The molecule has 28 heavy (non-hydrogen) atoms. The van der Waals surface area contributed by atoms with Gasteiger partial charge in [-0.2, -0.15) is 0 Å². The molecule has 1 aliphatic carbocycles. The van der Waals surface area contributed by atoms with Gasteiger partial charge >= 0.3 is 0 Å². The van der Waals surface area contributed by atoms with E-state index in [2.05, 4.69) is 45.5 Å². The van der Waals surface area contributed by atoms with Gasteiger partial charge in [0.15, 0.2) is 5.69 Å². The van der Waals surface area contributed by atoms with Crippen molar-refractivity contribution in [3.05, 3.63) is 59.6 Å². The van der Waals surface area contributed by atoms with E-state index in [-0.39, 0.29) is 11.9 Å². The van der Waals surface area contributed by atoms with Crippen LogP contribution in [0.5, 0.6) is 0 Å². The molecule has 6 heteroatoms. The number of hydrogen-bond donors (Lipinski definition) is 1. The van der Waals surface area contributed by atoms with Crippen LogP contribution >= 0.6 is 0 Å². The van der Waals surface area contributed by atoms with Gasteiger partial charge in [0, 0.05) is 49.2 Å². The summed E-state index contributed by atoms with van der Waals surface area (Å²) in [7, 11) is 0. The summed E-state index contributed by atoms with van der Waals surface area (Å²) in [5, 5.41) is 8.31. The molecular formula is C22H24N4O2. The highest BCUT2D eigenvalue weighted by Crippen LogP contribution is 2.40. The van der Waals surface area contributed by atoms with Crippen molar-refractivity contribution in [3.8, 4) is 0 Å². The maximum atomic E-state index is 12.6. The largest absolute Gasteiger partial charge is 0.360 e. The zero-order valence-corrected chi connectivity index (χ0v) is 16.0. The van der Waals surface area contributed by atoms with Crippen LogP contribution in [-0.2, 0) is 6.54 Å². The predicted molar refractivity (Wildman–Crippen MR) is 106 cm³/mol. The fraction of sp³-hybridized carbons (Fsp3) is 0.409. The Labute approximate surface area is 163 Å². The van der Waals surface area contributed by atoms with Crippen LogP contribution in [0, 0.1) is 5.92 Å². The van der Waals surface area contributed by atoms with Gasteiger partial charge in [-0.3, -0.25) is 14.7 Å². The first-order valence-corrected chi connectivity index (χ1v) is 10.00. The molecule has 0 spiro atoms. The van der Waals surface area contributed by atoms with Crippen LogP contribution in [0.25, 0.3) is 10.9 Å². The topological polar surface area (TPSA) is 71.3 Å². The Balaban J connectivity index is 1.25. The minimum atomic E-state index is -0.135. The average molecular weight is 376 g/mol. The number of carbonyl (C=O) groups is 1. The summed E-state index contributed by atoms with van der Waals surface area (Å²) in [5.41, 5.74) is 2.69. The molecule has 1 aromatic carbocycles. The first kappa shape index (κ1) is 17.4. The first-order valence-electron chi connectivity index (χ1n) is 10.00. The van der Waals surface area contributed by atoms with Crippen LogP contribution in [0.15, 0.2) is 47.1 Å². The fourth-order valence-corrected chi connectivity index (χ4v) is 4.12. The Hall–Kier alpha value is -2.73. The van der Waals surface area contributed by atoms with Gasteiger partial charge in [0.05, 0.1) is 5.52 Å². The summed E-state index contributed by atoms with van der Waals surface area (Å²) < 4.78 is 5.31. The lowest BCUT2D eigenvalue weighted by Crippen LogP contribution is -2.40. The molecule has 0 radical (unpaired) electrons. The van der Waals surface area contributed by atoms with Gasteiger partial charge in [0.25, 0.3) is 5.91 Å². The van der Waals surface area contributed by atoms with Crippen LogP contribution in [0.4, 0.5) is 0 Å². The van der Waals surface area contributed by atoms with Crippen molar-refractivity contribution in [2.75, 3.05) is 13.1 Å².